The number of hydrogen-bond acceptors (Lipinski definition) is 5. The third-order valence-corrected chi connectivity index (χ3v) is 5.22. The fraction of sp³-hybridized carbons (Fsp3) is 0.923. The van der Waals surface area contributed by atoms with Crippen LogP contribution >= 0.6 is 0 Å². The Morgan fingerprint density at radius 2 is 2.05 bits per heavy atom. The molecule has 0 aliphatic carbocycles. The van der Waals surface area contributed by atoms with Gasteiger partial charge in [0.2, 0.25) is 0 Å². The number of likely N-dealkylation sites (N-methyl/N-ethyl adjacent to an activating group) is 1. The van der Waals surface area contributed by atoms with Gasteiger partial charge in [-0.25, -0.2) is 8.42 Å². The van der Waals surface area contributed by atoms with E-state index in [-0.39, 0.29) is 30.1 Å². The van der Waals surface area contributed by atoms with Gasteiger partial charge in [-0.05, 0) is 19.9 Å². The van der Waals surface area contributed by atoms with Crippen LogP contribution in [0.4, 0.5) is 0 Å². The molecule has 0 N–H and O–H groups in total. The number of hydrogen-bond donors (Lipinski definition) is 0. The summed E-state index contributed by atoms with van der Waals surface area (Å²) < 4.78 is 27.9. The number of sulfone groups is 1. The molecule has 0 bridgehead atoms. The molecule has 19 heavy (non-hydrogen) atoms. The molecule has 1 rings (SSSR count). The normalized spacial score (nSPS) is 21.7. The lowest BCUT2D eigenvalue weighted by Crippen LogP contribution is -2.37. The van der Waals surface area contributed by atoms with Gasteiger partial charge in [0.25, 0.3) is 0 Å². The van der Waals surface area contributed by atoms with E-state index in [2.05, 4.69) is 6.92 Å². The SMILES string of the molecule is CCCCCCOC(=O)CN(C)C1CCS(=O)(=O)C1. The molecule has 112 valence electrons. The summed E-state index contributed by atoms with van der Waals surface area (Å²) in [5.74, 6) is 0.129. The highest BCUT2D eigenvalue weighted by Gasteiger charge is 2.31. The highest BCUT2D eigenvalue weighted by atomic mass is 32.2. The van der Waals surface area contributed by atoms with Crippen molar-refractivity contribution in [2.45, 2.75) is 45.1 Å². The number of carbonyl (C=O) groups excluding carboxylic acids is 1. The number of carbonyl (C=O) groups is 1. The van der Waals surface area contributed by atoms with Gasteiger partial charge < -0.3 is 4.74 Å². The maximum Gasteiger partial charge on any atom is 0.320 e. The van der Waals surface area contributed by atoms with E-state index in [0.717, 1.165) is 25.7 Å². The molecular formula is C13H25NO4S. The first-order valence-electron chi connectivity index (χ1n) is 7.01. The fourth-order valence-corrected chi connectivity index (χ4v) is 4.02. The zero-order valence-electron chi connectivity index (χ0n) is 11.9. The first-order valence-corrected chi connectivity index (χ1v) is 8.83. The Hall–Kier alpha value is -0.620. The molecule has 1 heterocycles. The standard InChI is InChI=1S/C13H25NO4S/c1-3-4-5-6-8-18-13(15)10-14(2)12-7-9-19(16,17)11-12/h12H,3-11H2,1-2H3. The molecule has 0 radical (unpaired) electrons. The smallest absolute Gasteiger partial charge is 0.320 e. The molecule has 0 saturated carbocycles. The highest BCUT2D eigenvalue weighted by molar-refractivity contribution is 7.91. The molecule has 1 aliphatic rings. The number of ether oxygens (including phenoxy) is 1. The maximum atomic E-state index is 11.6. The van der Waals surface area contributed by atoms with Gasteiger partial charge in [0.05, 0.1) is 24.7 Å². The van der Waals surface area contributed by atoms with E-state index < -0.39 is 9.84 Å². The number of nitrogens with zero attached hydrogens (tertiary/aromatic N) is 1. The largest absolute Gasteiger partial charge is 0.465 e. The Bertz CT molecular complexity index is 380. The van der Waals surface area contributed by atoms with Crippen LogP contribution in [0, 0.1) is 0 Å². The minimum Gasteiger partial charge on any atom is -0.465 e. The van der Waals surface area contributed by atoms with Crippen LogP contribution in [0.15, 0.2) is 0 Å². The topological polar surface area (TPSA) is 63.7 Å². The van der Waals surface area contributed by atoms with E-state index in [4.69, 9.17) is 4.74 Å². The van der Waals surface area contributed by atoms with E-state index in [1.54, 1.807) is 11.9 Å². The Balaban J connectivity index is 2.18. The Kier molecular flexibility index (Phi) is 6.79. The second-order valence-electron chi connectivity index (χ2n) is 5.25. The quantitative estimate of drug-likeness (QED) is 0.497. The average Bonchev–Trinajstić information content (AvgIpc) is 2.69. The van der Waals surface area contributed by atoms with Crippen LogP contribution < -0.4 is 0 Å². The van der Waals surface area contributed by atoms with E-state index in [1.807, 2.05) is 0 Å². The molecule has 5 nitrogen and oxygen atoms in total. The van der Waals surface area contributed by atoms with Gasteiger partial charge in [-0.15, -0.1) is 0 Å². The summed E-state index contributed by atoms with van der Waals surface area (Å²) >= 11 is 0. The van der Waals surface area contributed by atoms with E-state index in [1.165, 1.54) is 0 Å². The first kappa shape index (κ1) is 16.4. The third-order valence-electron chi connectivity index (χ3n) is 3.47. The van der Waals surface area contributed by atoms with Crippen LogP contribution in [-0.2, 0) is 19.4 Å². The Morgan fingerprint density at radius 1 is 1.32 bits per heavy atom. The summed E-state index contributed by atoms with van der Waals surface area (Å²) in [6.45, 7) is 2.78. The molecule has 0 aromatic carbocycles. The van der Waals surface area contributed by atoms with Crippen LogP contribution in [0.3, 0.4) is 0 Å². The fourth-order valence-electron chi connectivity index (χ4n) is 2.22. The number of rotatable bonds is 8. The van der Waals surface area contributed by atoms with Gasteiger partial charge in [0.15, 0.2) is 9.84 Å². The molecule has 6 heteroatoms. The molecule has 1 fully saturated rings. The highest BCUT2D eigenvalue weighted by Crippen LogP contribution is 2.16. The second kappa shape index (κ2) is 7.85. The first-order chi connectivity index (χ1) is 8.94. The van der Waals surface area contributed by atoms with Gasteiger partial charge >= 0.3 is 5.97 Å². The monoisotopic (exact) mass is 291 g/mol. The van der Waals surface area contributed by atoms with Gasteiger partial charge in [0, 0.05) is 6.04 Å². The molecule has 1 saturated heterocycles. The molecule has 0 aromatic heterocycles. The molecular weight excluding hydrogens is 266 g/mol. The molecule has 0 spiro atoms. The summed E-state index contributed by atoms with van der Waals surface area (Å²) in [5.41, 5.74) is 0. The third kappa shape index (κ3) is 6.38. The predicted octanol–water partition coefficient (Wildman–Crippen LogP) is 1.23. The van der Waals surface area contributed by atoms with Crippen molar-refractivity contribution < 1.29 is 17.9 Å². The van der Waals surface area contributed by atoms with Crippen molar-refractivity contribution in [3.8, 4) is 0 Å². The summed E-state index contributed by atoms with van der Waals surface area (Å²) in [5, 5.41) is 0. The molecule has 0 amide bonds. The Labute approximate surface area is 116 Å². The van der Waals surface area contributed by atoms with Crippen molar-refractivity contribution in [1.29, 1.82) is 0 Å². The predicted molar refractivity (Wildman–Crippen MR) is 74.8 cm³/mol. The lowest BCUT2D eigenvalue weighted by atomic mass is 10.2. The summed E-state index contributed by atoms with van der Waals surface area (Å²) in [4.78, 5) is 13.4. The number of unbranched alkanes of at least 4 members (excludes halogenated alkanes) is 3. The Morgan fingerprint density at radius 3 is 2.63 bits per heavy atom. The van der Waals surface area contributed by atoms with Gasteiger partial charge in [0.1, 0.15) is 0 Å². The van der Waals surface area contributed by atoms with E-state index in [0.29, 0.717) is 13.0 Å². The lowest BCUT2D eigenvalue weighted by Gasteiger charge is -2.21. The lowest BCUT2D eigenvalue weighted by molar-refractivity contribution is -0.145. The van der Waals surface area contributed by atoms with E-state index in [9.17, 15) is 13.2 Å². The average molecular weight is 291 g/mol. The van der Waals surface area contributed by atoms with Crippen molar-refractivity contribution >= 4 is 15.8 Å². The van der Waals surface area contributed by atoms with Crippen molar-refractivity contribution in [2.24, 2.45) is 0 Å². The van der Waals surface area contributed by atoms with Crippen LogP contribution in [0.25, 0.3) is 0 Å². The van der Waals surface area contributed by atoms with Gasteiger partial charge in [-0.2, -0.15) is 0 Å². The van der Waals surface area contributed by atoms with Crippen molar-refractivity contribution in [3.63, 3.8) is 0 Å². The minimum absolute atomic E-state index is 0.0439. The molecule has 0 aromatic rings. The number of esters is 1. The second-order valence-corrected chi connectivity index (χ2v) is 7.48. The van der Waals surface area contributed by atoms with Crippen LogP contribution in [0.1, 0.15) is 39.0 Å². The van der Waals surface area contributed by atoms with Gasteiger partial charge in [-0.3, -0.25) is 9.69 Å². The van der Waals surface area contributed by atoms with Crippen molar-refractivity contribution in [1.82, 2.24) is 4.90 Å². The van der Waals surface area contributed by atoms with Crippen molar-refractivity contribution in [2.75, 3.05) is 31.7 Å². The summed E-state index contributed by atoms with van der Waals surface area (Å²) in [6, 6.07) is -0.0439. The minimum atomic E-state index is -2.90. The molecule has 1 unspecified atom stereocenters. The summed E-state index contributed by atoms with van der Waals surface area (Å²) in [6.07, 6.45) is 4.93. The van der Waals surface area contributed by atoms with Crippen LogP contribution in [0.5, 0.6) is 0 Å². The van der Waals surface area contributed by atoms with Crippen LogP contribution in [-0.4, -0.2) is 57.0 Å². The maximum absolute atomic E-state index is 11.6. The van der Waals surface area contributed by atoms with Crippen molar-refractivity contribution in [3.05, 3.63) is 0 Å². The van der Waals surface area contributed by atoms with Crippen LogP contribution in [0.2, 0.25) is 0 Å². The summed E-state index contributed by atoms with van der Waals surface area (Å²) in [7, 11) is -1.12. The molecule has 1 atom stereocenters. The zero-order valence-corrected chi connectivity index (χ0v) is 12.7. The van der Waals surface area contributed by atoms with Gasteiger partial charge in [-0.1, -0.05) is 26.2 Å². The molecule has 1 aliphatic heterocycles. The van der Waals surface area contributed by atoms with E-state index >= 15 is 0 Å². The zero-order chi connectivity index (χ0) is 14.3.